The van der Waals surface area contributed by atoms with Crippen LogP contribution in [0.3, 0.4) is 0 Å². The average molecular weight is 311 g/mol. The predicted molar refractivity (Wildman–Crippen MR) is 88.2 cm³/mol. The molecule has 3 aromatic rings. The zero-order chi connectivity index (χ0) is 15.1. The van der Waals surface area contributed by atoms with Crippen LogP contribution < -0.4 is 0 Å². The lowest BCUT2D eigenvalue weighted by Gasteiger charge is -2.27. The predicted octanol–water partition coefficient (Wildman–Crippen LogP) is 4.02. The maximum Gasteiger partial charge on any atom is 0.254 e. The second kappa shape index (κ2) is 5.18. The van der Waals surface area contributed by atoms with Crippen LogP contribution in [-0.4, -0.2) is 22.3 Å². The van der Waals surface area contributed by atoms with E-state index < -0.39 is 0 Å². The zero-order valence-corrected chi connectivity index (χ0v) is 12.7. The van der Waals surface area contributed by atoms with Crippen molar-refractivity contribution in [2.24, 2.45) is 0 Å². The molecule has 0 atom stereocenters. The number of carbonyl (C=O) groups is 1. The molecule has 2 heterocycles. The van der Waals surface area contributed by atoms with E-state index in [2.05, 4.69) is 23.2 Å². The molecule has 1 aliphatic rings. The molecular weight excluding hydrogens is 296 g/mol. The minimum atomic E-state index is 0.0565. The number of fused-ring (bicyclic) bond motifs is 3. The summed E-state index contributed by atoms with van der Waals surface area (Å²) >= 11 is 5.88. The van der Waals surface area contributed by atoms with Crippen molar-refractivity contribution in [1.82, 2.24) is 9.88 Å². The maximum absolute atomic E-state index is 12.6. The van der Waals surface area contributed by atoms with E-state index >= 15 is 0 Å². The van der Waals surface area contributed by atoms with Gasteiger partial charge in [-0.1, -0.05) is 29.8 Å². The number of rotatable bonds is 1. The number of benzene rings is 2. The first-order valence-electron chi connectivity index (χ1n) is 7.35. The van der Waals surface area contributed by atoms with Crippen LogP contribution in [0, 0.1) is 0 Å². The molecule has 1 N–H and O–H groups in total. The molecule has 0 radical (unpaired) electrons. The van der Waals surface area contributed by atoms with Crippen molar-refractivity contribution in [1.29, 1.82) is 0 Å². The summed E-state index contributed by atoms with van der Waals surface area (Å²) in [4.78, 5) is 17.9. The molecule has 0 unspecified atom stereocenters. The maximum atomic E-state index is 12.6. The fourth-order valence-electron chi connectivity index (χ4n) is 3.14. The third-order valence-electron chi connectivity index (χ3n) is 4.26. The first-order valence-corrected chi connectivity index (χ1v) is 7.73. The summed E-state index contributed by atoms with van der Waals surface area (Å²) in [7, 11) is 0. The standard InChI is InChI=1S/C18H15ClN2O/c19-13-7-5-12(6-8-13)18(22)21-10-9-15-14-3-1-2-4-16(14)20-17(15)11-21/h1-8,20H,9-11H2. The molecule has 0 saturated carbocycles. The van der Waals surface area contributed by atoms with E-state index in [1.54, 1.807) is 24.3 Å². The first-order chi connectivity index (χ1) is 10.7. The van der Waals surface area contributed by atoms with Crippen LogP contribution in [0.15, 0.2) is 48.5 Å². The average Bonchev–Trinajstić information content (AvgIpc) is 2.92. The summed E-state index contributed by atoms with van der Waals surface area (Å²) in [5, 5.41) is 1.92. The van der Waals surface area contributed by atoms with Crippen LogP contribution in [0.2, 0.25) is 5.02 Å². The highest BCUT2D eigenvalue weighted by Gasteiger charge is 2.24. The smallest absolute Gasteiger partial charge is 0.254 e. The Balaban J connectivity index is 1.64. The lowest BCUT2D eigenvalue weighted by molar-refractivity contribution is 0.0733. The summed E-state index contributed by atoms with van der Waals surface area (Å²) in [5.41, 5.74) is 4.32. The van der Waals surface area contributed by atoms with Crippen molar-refractivity contribution < 1.29 is 4.79 Å². The topological polar surface area (TPSA) is 36.1 Å². The lowest BCUT2D eigenvalue weighted by Crippen LogP contribution is -2.35. The molecule has 1 aromatic heterocycles. The van der Waals surface area contributed by atoms with Crippen molar-refractivity contribution in [2.45, 2.75) is 13.0 Å². The molecule has 0 fully saturated rings. The minimum absolute atomic E-state index is 0.0565. The van der Waals surface area contributed by atoms with Gasteiger partial charge in [0.25, 0.3) is 5.91 Å². The number of aromatic amines is 1. The SMILES string of the molecule is O=C(c1ccc(Cl)cc1)N1CCc2c([nH]c3ccccc23)C1. The van der Waals surface area contributed by atoms with Gasteiger partial charge in [0.2, 0.25) is 0 Å². The molecule has 0 bridgehead atoms. The number of halogens is 1. The Labute approximate surface area is 133 Å². The fourth-order valence-corrected chi connectivity index (χ4v) is 3.27. The normalized spacial score (nSPS) is 14.1. The zero-order valence-electron chi connectivity index (χ0n) is 12.0. The number of carbonyl (C=O) groups excluding carboxylic acids is 1. The lowest BCUT2D eigenvalue weighted by atomic mass is 10.0. The Kier molecular flexibility index (Phi) is 3.16. The van der Waals surface area contributed by atoms with Gasteiger partial charge in [0.05, 0.1) is 6.54 Å². The van der Waals surface area contributed by atoms with Crippen molar-refractivity contribution in [3.05, 3.63) is 70.4 Å². The minimum Gasteiger partial charge on any atom is -0.357 e. The highest BCUT2D eigenvalue weighted by atomic mass is 35.5. The second-order valence-electron chi connectivity index (χ2n) is 5.61. The molecule has 1 amide bonds. The highest BCUT2D eigenvalue weighted by Crippen LogP contribution is 2.28. The highest BCUT2D eigenvalue weighted by molar-refractivity contribution is 6.30. The molecule has 4 heteroatoms. The van der Waals surface area contributed by atoms with E-state index in [0.29, 0.717) is 17.1 Å². The first kappa shape index (κ1) is 13.4. The van der Waals surface area contributed by atoms with E-state index in [1.807, 2.05) is 11.0 Å². The molecule has 1 aliphatic heterocycles. The van der Waals surface area contributed by atoms with Crippen LogP contribution >= 0.6 is 11.6 Å². The molecule has 0 saturated heterocycles. The van der Waals surface area contributed by atoms with E-state index in [1.165, 1.54) is 10.9 Å². The van der Waals surface area contributed by atoms with Crippen molar-refractivity contribution in [2.75, 3.05) is 6.54 Å². The van der Waals surface area contributed by atoms with Crippen LogP contribution in [0.4, 0.5) is 0 Å². The Bertz CT molecular complexity index is 851. The van der Waals surface area contributed by atoms with Gasteiger partial charge < -0.3 is 9.88 Å². The molecule has 4 rings (SSSR count). The number of hydrogen-bond donors (Lipinski definition) is 1. The van der Waals surface area contributed by atoms with Crippen LogP contribution in [0.25, 0.3) is 10.9 Å². The number of aromatic nitrogens is 1. The molecule has 22 heavy (non-hydrogen) atoms. The van der Waals surface area contributed by atoms with Gasteiger partial charge in [-0.3, -0.25) is 4.79 Å². The van der Waals surface area contributed by atoms with Gasteiger partial charge in [-0.2, -0.15) is 0 Å². The van der Waals surface area contributed by atoms with Crippen LogP contribution in [0.5, 0.6) is 0 Å². The van der Waals surface area contributed by atoms with Crippen LogP contribution in [0.1, 0.15) is 21.6 Å². The third kappa shape index (κ3) is 2.18. The molecule has 2 aromatic carbocycles. The fraction of sp³-hybridized carbons (Fsp3) is 0.167. The van der Waals surface area contributed by atoms with Gasteiger partial charge >= 0.3 is 0 Å². The van der Waals surface area contributed by atoms with Crippen molar-refractivity contribution >= 4 is 28.4 Å². The molecule has 0 spiro atoms. The Morgan fingerprint density at radius 1 is 1.09 bits per heavy atom. The number of H-pyrrole nitrogens is 1. The Hall–Kier alpha value is -2.26. The Morgan fingerprint density at radius 2 is 1.86 bits per heavy atom. The summed E-state index contributed by atoms with van der Waals surface area (Å²) in [5.74, 6) is 0.0565. The monoisotopic (exact) mass is 310 g/mol. The number of para-hydroxylation sites is 1. The van der Waals surface area contributed by atoms with E-state index in [9.17, 15) is 4.79 Å². The largest absolute Gasteiger partial charge is 0.357 e. The van der Waals surface area contributed by atoms with Gasteiger partial charge in [-0.05, 0) is 42.3 Å². The Morgan fingerprint density at radius 3 is 2.68 bits per heavy atom. The summed E-state index contributed by atoms with van der Waals surface area (Å²) in [6.45, 7) is 1.38. The van der Waals surface area contributed by atoms with Gasteiger partial charge in [-0.15, -0.1) is 0 Å². The van der Waals surface area contributed by atoms with Gasteiger partial charge in [0.15, 0.2) is 0 Å². The quantitative estimate of drug-likeness (QED) is 0.724. The summed E-state index contributed by atoms with van der Waals surface area (Å²) in [6, 6.07) is 15.4. The molecular formula is C18H15ClN2O. The van der Waals surface area contributed by atoms with Crippen molar-refractivity contribution in [3.63, 3.8) is 0 Å². The van der Waals surface area contributed by atoms with Crippen molar-refractivity contribution in [3.8, 4) is 0 Å². The van der Waals surface area contributed by atoms with Gasteiger partial charge in [0, 0.05) is 33.7 Å². The number of nitrogens with zero attached hydrogens (tertiary/aromatic N) is 1. The van der Waals surface area contributed by atoms with Gasteiger partial charge in [0.1, 0.15) is 0 Å². The number of hydrogen-bond acceptors (Lipinski definition) is 1. The van der Waals surface area contributed by atoms with Gasteiger partial charge in [-0.25, -0.2) is 0 Å². The second-order valence-corrected chi connectivity index (χ2v) is 6.05. The molecule has 0 aliphatic carbocycles. The van der Waals surface area contributed by atoms with Crippen LogP contribution in [-0.2, 0) is 13.0 Å². The van der Waals surface area contributed by atoms with E-state index in [4.69, 9.17) is 11.6 Å². The number of amides is 1. The summed E-state index contributed by atoms with van der Waals surface area (Å²) in [6.07, 6.45) is 0.888. The summed E-state index contributed by atoms with van der Waals surface area (Å²) < 4.78 is 0. The molecule has 3 nitrogen and oxygen atoms in total. The third-order valence-corrected chi connectivity index (χ3v) is 4.51. The van der Waals surface area contributed by atoms with E-state index in [-0.39, 0.29) is 5.91 Å². The number of nitrogens with one attached hydrogen (secondary N) is 1. The molecule has 110 valence electrons. The van der Waals surface area contributed by atoms with E-state index in [0.717, 1.165) is 24.2 Å².